The van der Waals surface area contributed by atoms with Gasteiger partial charge in [0.15, 0.2) is 0 Å². The Labute approximate surface area is 127 Å². The van der Waals surface area contributed by atoms with Gasteiger partial charge in [-0.1, -0.05) is 12.1 Å². The Morgan fingerprint density at radius 2 is 2.00 bits per heavy atom. The van der Waals surface area contributed by atoms with Crippen LogP contribution in [0.4, 0.5) is 4.39 Å². The Hall–Kier alpha value is -1.72. The smallest absolute Gasteiger partial charge is 0.224 e. The number of ether oxygens (including phenoxy) is 1. The van der Waals surface area contributed by atoms with Gasteiger partial charge in [0.05, 0.1) is 6.42 Å². The molecule has 2 rings (SSSR count). The molecule has 0 spiro atoms. The summed E-state index contributed by atoms with van der Waals surface area (Å²) in [6.45, 7) is 2.46. The molecule has 1 amide bonds. The first-order valence-electron chi connectivity index (χ1n) is 6.68. The van der Waals surface area contributed by atoms with Crippen LogP contribution in [0.5, 0.6) is 0 Å². The molecule has 112 valence electrons. The van der Waals surface area contributed by atoms with Gasteiger partial charge in [0, 0.05) is 23.4 Å². The van der Waals surface area contributed by atoms with Crippen LogP contribution < -0.4 is 5.32 Å². The highest BCUT2D eigenvalue weighted by atomic mass is 32.1. The molecule has 1 heterocycles. The third-order valence-corrected chi connectivity index (χ3v) is 4.22. The van der Waals surface area contributed by atoms with Crippen molar-refractivity contribution in [1.82, 2.24) is 5.32 Å². The summed E-state index contributed by atoms with van der Waals surface area (Å²) >= 11 is 1.66. The first kappa shape index (κ1) is 15.7. The average molecular weight is 307 g/mol. The number of nitrogens with one attached hydrogen (secondary N) is 1. The first-order valence-corrected chi connectivity index (χ1v) is 7.50. The summed E-state index contributed by atoms with van der Waals surface area (Å²) in [5, 5.41) is 2.85. The van der Waals surface area contributed by atoms with Crippen molar-refractivity contribution in [2.45, 2.75) is 19.4 Å². The maximum absolute atomic E-state index is 12.8. The first-order chi connectivity index (χ1) is 10.1. The number of hydrogen-bond donors (Lipinski definition) is 1. The average Bonchev–Trinajstić information content (AvgIpc) is 2.89. The van der Waals surface area contributed by atoms with Crippen molar-refractivity contribution in [1.29, 1.82) is 0 Å². The molecule has 1 atom stereocenters. The lowest BCUT2D eigenvalue weighted by Gasteiger charge is -2.14. The molecule has 0 aliphatic rings. The fourth-order valence-electron chi connectivity index (χ4n) is 1.98. The predicted octanol–water partition coefficient (Wildman–Crippen LogP) is 3.24. The van der Waals surface area contributed by atoms with Crippen molar-refractivity contribution >= 4 is 17.2 Å². The summed E-state index contributed by atoms with van der Waals surface area (Å²) < 4.78 is 18.2. The van der Waals surface area contributed by atoms with Crippen LogP contribution in [-0.4, -0.2) is 19.6 Å². The number of halogens is 1. The molecule has 0 saturated carbocycles. The topological polar surface area (TPSA) is 38.3 Å². The monoisotopic (exact) mass is 307 g/mol. The maximum atomic E-state index is 12.8. The van der Waals surface area contributed by atoms with Gasteiger partial charge in [-0.15, -0.1) is 11.3 Å². The predicted molar refractivity (Wildman–Crippen MR) is 81.9 cm³/mol. The minimum Gasteiger partial charge on any atom is -0.374 e. The van der Waals surface area contributed by atoms with E-state index in [-0.39, 0.29) is 24.2 Å². The Balaban J connectivity index is 1.86. The molecule has 3 nitrogen and oxygen atoms in total. The van der Waals surface area contributed by atoms with Gasteiger partial charge in [0.2, 0.25) is 5.91 Å². The van der Waals surface area contributed by atoms with Crippen molar-refractivity contribution in [3.05, 3.63) is 57.5 Å². The van der Waals surface area contributed by atoms with Crippen LogP contribution in [0.2, 0.25) is 0 Å². The molecule has 1 aromatic heterocycles. The molecule has 0 bridgehead atoms. The minimum absolute atomic E-state index is 0.100. The Morgan fingerprint density at radius 1 is 1.29 bits per heavy atom. The van der Waals surface area contributed by atoms with Gasteiger partial charge in [-0.2, -0.15) is 0 Å². The van der Waals surface area contributed by atoms with Gasteiger partial charge < -0.3 is 10.1 Å². The highest BCUT2D eigenvalue weighted by Gasteiger charge is 2.14. The Kier molecular flexibility index (Phi) is 5.47. The molecule has 1 N–H and O–H groups in total. The fourth-order valence-corrected chi connectivity index (χ4v) is 2.94. The van der Waals surface area contributed by atoms with Crippen LogP contribution in [0.1, 0.15) is 21.4 Å². The van der Waals surface area contributed by atoms with E-state index in [1.54, 1.807) is 30.6 Å². The van der Waals surface area contributed by atoms with E-state index in [2.05, 4.69) is 5.32 Å². The van der Waals surface area contributed by atoms with E-state index in [1.165, 1.54) is 17.0 Å². The lowest BCUT2D eigenvalue weighted by atomic mass is 10.1. The zero-order valence-electron chi connectivity index (χ0n) is 12.1. The van der Waals surface area contributed by atoms with Gasteiger partial charge in [-0.05, 0) is 36.8 Å². The van der Waals surface area contributed by atoms with E-state index in [1.807, 2.05) is 19.1 Å². The number of carbonyl (C=O) groups excluding carboxylic acids is 1. The van der Waals surface area contributed by atoms with E-state index >= 15 is 0 Å². The second kappa shape index (κ2) is 7.33. The molecule has 5 heteroatoms. The normalized spacial score (nSPS) is 12.1. The van der Waals surface area contributed by atoms with Crippen LogP contribution in [0.25, 0.3) is 0 Å². The standard InChI is InChI=1S/C16H18FNO2S/c1-11-3-8-15(21-11)14(20-2)10-18-16(19)9-12-4-6-13(17)7-5-12/h3-8,14H,9-10H2,1-2H3,(H,18,19). The summed E-state index contributed by atoms with van der Waals surface area (Å²) in [5.41, 5.74) is 0.787. The molecule has 0 aliphatic heterocycles. The molecule has 0 radical (unpaired) electrons. The van der Waals surface area contributed by atoms with Crippen LogP contribution in [0.15, 0.2) is 36.4 Å². The van der Waals surface area contributed by atoms with Crippen LogP contribution in [0, 0.1) is 12.7 Å². The fraction of sp³-hybridized carbons (Fsp3) is 0.312. The second-order valence-electron chi connectivity index (χ2n) is 4.78. The second-order valence-corrected chi connectivity index (χ2v) is 6.10. The number of thiophene rings is 1. The van der Waals surface area contributed by atoms with E-state index in [4.69, 9.17) is 4.74 Å². The third kappa shape index (κ3) is 4.65. The van der Waals surface area contributed by atoms with Crippen molar-refractivity contribution in [2.75, 3.05) is 13.7 Å². The molecule has 0 saturated heterocycles. The zero-order chi connectivity index (χ0) is 15.2. The van der Waals surface area contributed by atoms with E-state index in [0.717, 1.165) is 10.4 Å². The highest BCUT2D eigenvalue weighted by Crippen LogP contribution is 2.24. The largest absolute Gasteiger partial charge is 0.374 e. The number of methoxy groups -OCH3 is 1. The number of aryl methyl sites for hydroxylation is 1. The van der Waals surface area contributed by atoms with Gasteiger partial charge in [-0.25, -0.2) is 4.39 Å². The molecule has 0 fully saturated rings. The van der Waals surface area contributed by atoms with Crippen molar-refractivity contribution in [2.24, 2.45) is 0 Å². The lowest BCUT2D eigenvalue weighted by Crippen LogP contribution is -2.30. The quantitative estimate of drug-likeness (QED) is 0.889. The summed E-state index contributed by atoms with van der Waals surface area (Å²) in [5.74, 6) is -0.399. The SMILES string of the molecule is COC(CNC(=O)Cc1ccc(F)cc1)c1ccc(C)s1. The highest BCUT2D eigenvalue weighted by molar-refractivity contribution is 7.12. The third-order valence-electron chi connectivity index (χ3n) is 3.13. The van der Waals surface area contributed by atoms with E-state index in [9.17, 15) is 9.18 Å². The summed E-state index contributed by atoms with van der Waals surface area (Å²) in [6.07, 6.45) is 0.0982. The van der Waals surface area contributed by atoms with Crippen molar-refractivity contribution < 1.29 is 13.9 Å². The number of hydrogen-bond acceptors (Lipinski definition) is 3. The number of amides is 1. The van der Waals surface area contributed by atoms with Crippen molar-refractivity contribution in [3.63, 3.8) is 0 Å². The molecular formula is C16H18FNO2S. The summed E-state index contributed by atoms with van der Waals surface area (Å²) in [6, 6.07) is 9.99. The van der Waals surface area contributed by atoms with Crippen LogP contribution in [-0.2, 0) is 16.0 Å². The van der Waals surface area contributed by atoms with Crippen LogP contribution >= 0.6 is 11.3 Å². The Bertz CT molecular complexity index is 595. The molecule has 21 heavy (non-hydrogen) atoms. The number of carbonyl (C=O) groups is 1. The van der Waals surface area contributed by atoms with Gasteiger partial charge in [-0.3, -0.25) is 4.79 Å². The molecule has 1 aromatic carbocycles. The van der Waals surface area contributed by atoms with Crippen LogP contribution in [0.3, 0.4) is 0 Å². The van der Waals surface area contributed by atoms with Crippen molar-refractivity contribution in [3.8, 4) is 0 Å². The van der Waals surface area contributed by atoms with Gasteiger partial charge in [0.1, 0.15) is 11.9 Å². The lowest BCUT2D eigenvalue weighted by molar-refractivity contribution is -0.121. The summed E-state index contributed by atoms with van der Waals surface area (Å²) in [4.78, 5) is 14.2. The number of benzene rings is 1. The summed E-state index contributed by atoms with van der Waals surface area (Å²) in [7, 11) is 1.63. The van der Waals surface area contributed by atoms with E-state index in [0.29, 0.717) is 6.54 Å². The van der Waals surface area contributed by atoms with E-state index < -0.39 is 0 Å². The zero-order valence-corrected chi connectivity index (χ0v) is 12.9. The molecular weight excluding hydrogens is 289 g/mol. The minimum atomic E-state index is -0.299. The molecule has 0 aliphatic carbocycles. The van der Waals surface area contributed by atoms with Gasteiger partial charge >= 0.3 is 0 Å². The molecule has 1 unspecified atom stereocenters. The maximum Gasteiger partial charge on any atom is 0.224 e. The Morgan fingerprint density at radius 3 is 2.57 bits per heavy atom. The van der Waals surface area contributed by atoms with Gasteiger partial charge in [0.25, 0.3) is 0 Å². The molecule has 2 aromatic rings. The number of rotatable bonds is 6.